The van der Waals surface area contributed by atoms with Gasteiger partial charge in [0.15, 0.2) is 5.78 Å². The van der Waals surface area contributed by atoms with Gasteiger partial charge in [-0.1, -0.05) is 60.7 Å². The van der Waals surface area contributed by atoms with Gasteiger partial charge in [-0.3, -0.25) is 19.5 Å². The Morgan fingerprint density at radius 2 is 1.66 bits per heavy atom. The minimum Gasteiger partial charge on any atom is -0.506 e. The summed E-state index contributed by atoms with van der Waals surface area (Å²) in [5, 5.41) is 27.7. The first kappa shape index (κ1) is 43.8. The fourth-order valence-corrected chi connectivity index (χ4v) is 8.34. The second kappa shape index (κ2) is 20.5. The number of rotatable bonds is 18. The molecule has 1 amide bonds. The van der Waals surface area contributed by atoms with E-state index < -0.39 is 24.2 Å². The van der Waals surface area contributed by atoms with Crippen LogP contribution in [0.15, 0.2) is 126 Å². The lowest BCUT2D eigenvalue weighted by molar-refractivity contribution is -0.0336. The Kier molecular flexibility index (Phi) is 14.0. The van der Waals surface area contributed by atoms with Crippen molar-refractivity contribution < 1.29 is 38.8 Å². The normalized spacial score (nSPS) is 17.6. The van der Waals surface area contributed by atoms with E-state index in [-0.39, 0.29) is 54.9 Å². The van der Waals surface area contributed by atoms with Crippen LogP contribution in [0.3, 0.4) is 0 Å². The van der Waals surface area contributed by atoms with Crippen LogP contribution in [-0.4, -0.2) is 81.8 Å². The number of amides is 1. The highest BCUT2D eigenvalue weighted by atomic mass is 16.6. The Balaban J connectivity index is 0.758. The van der Waals surface area contributed by atoms with Crippen molar-refractivity contribution in [3.63, 3.8) is 0 Å². The maximum Gasteiger partial charge on any atom is 0.408 e. The Bertz CT molecular complexity index is 2610. The van der Waals surface area contributed by atoms with E-state index in [1.54, 1.807) is 48.5 Å². The summed E-state index contributed by atoms with van der Waals surface area (Å²) in [6.07, 6.45) is 2.69. The monoisotopic (exact) mass is 865 g/mol. The van der Waals surface area contributed by atoms with E-state index in [9.17, 15) is 29.4 Å². The van der Waals surface area contributed by atoms with E-state index in [1.165, 1.54) is 18.3 Å². The van der Waals surface area contributed by atoms with Crippen LogP contribution in [0, 0.1) is 5.92 Å². The van der Waals surface area contributed by atoms with Gasteiger partial charge in [-0.25, -0.2) is 9.59 Å². The number of alkyl carbamates (subject to hydrolysis) is 1. The molecule has 3 aliphatic rings. The summed E-state index contributed by atoms with van der Waals surface area (Å²) in [5.41, 5.74) is 4.58. The summed E-state index contributed by atoms with van der Waals surface area (Å²) in [4.78, 5) is 59.9. The molecule has 14 heteroatoms. The van der Waals surface area contributed by atoms with Crippen molar-refractivity contribution in [2.45, 2.75) is 57.1 Å². The third kappa shape index (κ3) is 11.0. The van der Waals surface area contributed by atoms with Gasteiger partial charge in [-0.15, -0.1) is 0 Å². The zero-order valence-corrected chi connectivity index (χ0v) is 35.3. The van der Waals surface area contributed by atoms with Crippen molar-refractivity contribution in [1.29, 1.82) is 0 Å². The van der Waals surface area contributed by atoms with Crippen molar-refractivity contribution in [3.05, 3.63) is 171 Å². The van der Waals surface area contributed by atoms with Crippen molar-refractivity contribution in [2.24, 2.45) is 5.92 Å². The zero-order valence-electron chi connectivity index (χ0n) is 35.3. The number of nitrogens with one attached hydrogen (secondary N) is 3. The first-order valence-corrected chi connectivity index (χ1v) is 21.6. The van der Waals surface area contributed by atoms with Crippen LogP contribution in [0.1, 0.15) is 86.5 Å². The number of aromatic hydroxyl groups is 1. The third-order valence-electron chi connectivity index (χ3n) is 11.9. The van der Waals surface area contributed by atoms with Gasteiger partial charge < -0.3 is 40.0 Å². The molecule has 0 spiro atoms. The molecule has 0 saturated carbocycles. The number of ether oxygens (including phenoxy) is 3. The second-order valence-electron chi connectivity index (χ2n) is 16.3. The van der Waals surface area contributed by atoms with Crippen molar-refractivity contribution in [3.8, 4) is 11.5 Å². The third-order valence-corrected chi connectivity index (χ3v) is 11.9. The number of aliphatic hydroxyl groups excluding tert-OH is 1. The number of ketones is 1. The number of piperidine rings is 3. The number of carbonyl (C=O) groups excluding carboxylic acids is 3. The average molecular weight is 866 g/mol. The average Bonchev–Trinajstić information content (AvgIpc) is 3.32. The molecule has 2 bridgehead atoms. The van der Waals surface area contributed by atoms with Crippen LogP contribution >= 0.6 is 0 Å². The number of H-pyrrole nitrogens is 1. The van der Waals surface area contributed by atoms with Crippen LogP contribution in [-0.2, 0) is 22.6 Å². The molecule has 3 fully saturated rings. The highest BCUT2D eigenvalue weighted by Gasteiger charge is 2.37. The number of carbonyl (C=O) groups is 3. The number of nitrogens with zero attached hydrogens (tertiary/aromatic N) is 2. The standard InChI is InChI=1S/C50H51N5O9/c56-42(37-15-16-38(52-27-37)28-51-29-44(58)40-17-19-43(57)48-41(40)18-20-46(59)53-48)10-5-25-62-49(60)35-13-11-32(12-14-35)31-63-39-9-4-8-36(26-39)47(34-6-2-1-3-7-34)54-50(61)64-45-30-55-23-21-33(45)22-24-55/h1-4,6-9,11-20,26-27,33,44-45,47,51,57-58H,5,10,21-25,28-31H2,(H,53,59)(H,54,61)/t44-,45-,47-/m0/s1. The summed E-state index contributed by atoms with van der Waals surface area (Å²) in [6, 6.07) is 33.3. The van der Waals surface area contributed by atoms with Gasteiger partial charge in [0, 0.05) is 49.3 Å². The first-order valence-electron chi connectivity index (χ1n) is 21.6. The maximum absolute atomic E-state index is 13.2. The molecule has 330 valence electrons. The molecule has 2 aromatic heterocycles. The highest BCUT2D eigenvalue weighted by Crippen LogP contribution is 2.31. The smallest absolute Gasteiger partial charge is 0.408 e. The molecule has 3 atom stereocenters. The van der Waals surface area contributed by atoms with Gasteiger partial charge in [0.05, 0.1) is 35.5 Å². The Morgan fingerprint density at radius 3 is 2.41 bits per heavy atom. The predicted octanol–water partition coefficient (Wildman–Crippen LogP) is 6.76. The summed E-state index contributed by atoms with van der Waals surface area (Å²) in [6.45, 7) is 3.77. The van der Waals surface area contributed by atoms with Crippen LogP contribution in [0.25, 0.3) is 10.9 Å². The Morgan fingerprint density at radius 1 is 0.875 bits per heavy atom. The summed E-state index contributed by atoms with van der Waals surface area (Å²) < 4.78 is 17.6. The summed E-state index contributed by atoms with van der Waals surface area (Å²) in [7, 11) is 0. The van der Waals surface area contributed by atoms with Gasteiger partial charge in [0.2, 0.25) is 5.56 Å². The number of fused-ring (bicyclic) bond motifs is 4. The lowest BCUT2D eigenvalue weighted by atomic mass is 9.86. The van der Waals surface area contributed by atoms with E-state index in [0.29, 0.717) is 52.4 Å². The molecule has 4 aromatic carbocycles. The van der Waals surface area contributed by atoms with E-state index in [2.05, 4.69) is 25.5 Å². The van der Waals surface area contributed by atoms with Crippen molar-refractivity contribution >= 4 is 28.7 Å². The molecule has 0 aliphatic carbocycles. The highest BCUT2D eigenvalue weighted by molar-refractivity contribution is 5.95. The molecule has 9 rings (SSSR count). The maximum atomic E-state index is 13.2. The van der Waals surface area contributed by atoms with Gasteiger partial charge in [0.25, 0.3) is 0 Å². The quantitative estimate of drug-likeness (QED) is 0.0347. The molecule has 0 unspecified atom stereocenters. The van der Waals surface area contributed by atoms with Crippen LogP contribution in [0.2, 0.25) is 0 Å². The van der Waals surface area contributed by atoms with Gasteiger partial charge in [0.1, 0.15) is 24.2 Å². The number of phenolic OH excluding ortho intramolecular Hbond substituents is 1. The predicted molar refractivity (Wildman–Crippen MR) is 239 cm³/mol. The SMILES string of the molecule is O=C(N[C@@H](c1ccccc1)c1cccc(OCc2ccc(C(=O)OCCCC(=O)c3ccc(CNC[C@H](O)c4ccc(O)c5[nH]c(=O)ccc45)nc3)cc2)c1)O[C@H]1CN2CCC1CC2. The molecule has 3 aliphatic heterocycles. The Labute approximate surface area is 370 Å². The van der Waals surface area contributed by atoms with E-state index in [1.807, 2.05) is 54.6 Å². The topological polar surface area (TPSA) is 192 Å². The molecule has 0 radical (unpaired) electrons. The number of benzene rings is 4. The molecule has 5 N–H and O–H groups in total. The van der Waals surface area contributed by atoms with Gasteiger partial charge >= 0.3 is 12.1 Å². The number of aromatic nitrogens is 2. The molecular weight excluding hydrogens is 815 g/mol. The molecule has 6 aromatic rings. The largest absolute Gasteiger partial charge is 0.506 e. The van der Waals surface area contributed by atoms with Crippen molar-refractivity contribution in [1.82, 2.24) is 25.5 Å². The number of pyridine rings is 2. The van der Waals surface area contributed by atoms with Gasteiger partial charge in [-0.2, -0.15) is 0 Å². The van der Waals surface area contributed by atoms with Crippen molar-refractivity contribution in [2.75, 3.05) is 32.8 Å². The summed E-state index contributed by atoms with van der Waals surface area (Å²) in [5.74, 6) is 0.341. The molecule has 3 saturated heterocycles. The van der Waals surface area contributed by atoms with Crippen LogP contribution < -0.4 is 20.9 Å². The minimum atomic E-state index is -0.915. The van der Waals surface area contributed by atoms with Crippen LogP contribution in [0.4, 0.5) is 4.79 Å². The van der Waals surface area contributed by atoms with Crippen LogP contribution in [0.5, 0.6) is 11.5 Å². The molecule has 64 heavy (non-hydrogen) atoms. The van der Waals surface area contributed by atoms with E-state index in [0.717, 1.165) is 49.2 Å². The fraction of sp³-hybridized carbons (Fsp3) is 0.300. The second-order valence-corrected chi connectivity index (χ2v) is 16.3. The number of phenols is 1. The number of aliphatic hydroxyl groups is 1. The lowest BCUT2D eigenvalue weighted by Crippen LogP contribution is -2.52. The molecule has 14 nitrogen and oxygen atoms in total. The van der Waals surface area contributed by atoms with E-state index in [4.69, 9.17) is 14.2 Å². The zero-order chi connectivity index (χ0) is 44.4. The fourth-order valence-electron chi connectivity index (χ4n) is 8.34. The number of hydrogen-bond acceptors (Lipinski definition) is 12. The lowest BCUT2D eigenvalue weighted by Gasteiger charge is -2.43. The molecular formula is C50H51N5O9. The molecule has 5 heterocycles. The summed E-state index contributed by atoms with van der Waals surface area (Å²) >= 11 is 0. The first-order chi connectivity index (χ1) is 31.2. The minimum absolute atomic E-state index is 0.0756. The Hall–Kier alpha value is -6.87. The number of aromatic amines is 1. The number of Topliss-reactive ketones (excluding diaryl/α,β-unsaturated/α-hetero) is 1. The van der Waals surface area contributed by atoms with E-state index >= 15 is 0 Å². The van der Waals surface area contributed by atoms with Gasteiger partial charge in [-0.05, 0) is 109 Å². The number of esters is 1. The number of hydrogen-bond donors (Lipinski definition) is 5.